The average molecular weight is 227 g/mol. The lowest BCUT2D eigenvalue weighted by Crippen LogP contribution is -2.25. The number of hydrogen-bond acceptors (Lipinski definition) is 4. The molecule has 0 aliphatic carbocycles. The van der Waals surface area contributed by atoms with E-state index in [2.05, 4.69) is 0 Å². The molecule has 0 fully saturated rings. The summed E-state index contributed by atoms with van der Waals surface area (Å²) in [4.78, 5) is 0. The highest BCUT2D eigenvalue weighted by atomic mass is 35.5. The molecule has 0 aromatic rings. The fourth-order valence-electron chi connectivity index (χ4n) is 0.154. The maximum atomic E-state index is 9.99. The summed E-state index contributed by atoms with van der Waals surface area (Å²) in [5, 5.41) is 0. The zero-order valence-corrected chi connectivity index (χ0v) is 7.78. The predicted molar refractivity (Wildman–Crippen MR) is 39.8 cm³/mol. The van der Waals surface area contributed by atoms with Crippen LogP contribution in [0.1, 0.15) is 6.92 Å². The lowest BCUT2D eigenvalue weighted by Gasteiger charge is -2.01. The third-order valence-corrected chi connectivity index (χ3v) is 3.98. The van der Waals surface area contributed by atoms with E-state index in [-0.39, 0.29) is 12.4 Å². The lowest BCUT2D eigenvalue weighted by molar-refractivity contribution is 0.458. The maximum Gasteiger partial charge on any atom is 0.284 e. The van der Waals surface area contributed by atoms with Gasteiger partial charge in [-0.15, -0.1) is 12.4 Å². The first-order chi connectivity index (χ1) is 4.15. The van der Waals surface area contributed by atoms with E-state index < -0.39 is 24.8 Å². The third-order valence-electron chi connectivity index (χ3n) is 0.839. The Morgan fingerprint density at radius 3 is 1.18 bits per heavy atom. The van der Waals surface area contributed by atoms with Gasteiger partial charge in [0, 0.05) is 0 Å². The van der Waals surface area contributed by atoms with Gasteiger partial charge in [0.15, 0.2) is 0 Å². The molecule has 9 heteroatoms. The van der Waals surface area contributed by atoms with Crippen molar-refractivity contribution < 1.29 is 25.9 Å². The van der Waals surface area contributed by atoms with Crippen LogP contribution in [0.25, 0.3) is 0 Å². The molecule has 70 valence electrons. The molecule has 0 radical (unpaired) electrons. The van der Waals surface area contributed by atoms with Gasteiger partial charge in [0.2, 0.25) is 4.58 Å². The normalized spacial score (nSPS) is 12.7. The Balaban J connectivity index is 0. The van der Waals surface area contributed by atoms with Crippen LogP contribution in [-0.4, -0.2) is 30.5 Å². The van der Waals surface area contributed by atoms with Crippen molar-refractivity contribution in [2.45, 2.75) is 11.5 Å². The van der Waals surface area contributed by atoms with E-state index in [1.807, 2.05) is 0 Å². The first-order valence-electron chi connectivity index (χ1n) is 2.08. The van der Waals surface area contributed by atoms with E-state index in [1.165, 1.54) is 0 Å². The summed E-state index contributed by atoms with van der Waals surface area (Å²) in [6.07, 6.45) is 0. The van der Waals surface area contributed by atoms with Crippen LogP contribution in [0.3, 0.4) is 0 Å². The van der Waals surface area contributed by atoms with Crippen molar-refractivity contribution in [3.63, 3.8) is 0 Å². The second-order valence-electron chi connectivity index (χ2n) is 1.60. The Labute approximate surface area is 70.5 Å². The highest BCUT2D eigenvalue weighted by Crippen LogP contribution is 2.03. The van der Waals surface area contributed by atoms with Gasteiger partial charge in [0.1, 0.15) is 0 Å². The van der Waals surface area contributed by atoms with Crippen molar-refractivity contribution in [2.24, 2.45) is 0 Å². The Hall–Kier alpha value is 0.110. The SMILES string of the molecule is CC(S(=O)(=O)O)S(=O)(=O)O.Cl. The molecular formula is C2H7ClO6S2. The van der Waals surface area contributed by atoms with Crippen LogP contribution in [-0.2, 0) is 20.2 Å². The second kappa shape index (κ2) is 3.68. The van der Waals surface area contributed by atoms with Crippen LogP contribution in [0, 0.1) is 0 Å². The van der Waals surface area contributed by atoms with Gasteiger partial charge in [0.05, 0.1) is 0 Å². The zero-order valence-electron chi connectivity index (χ0n) is 5.33. The van der Waals surface area contributed by atoms with Gasteiger partial charge in [-0.2, -0.15) is 16.8 Å². The number of hydrogen-bond donors (Lipinski definition) is 2. The summed E-state index contributed by atoms with van der Waals surface area (Å²) >= 11 is 0. The highest BCUT2D eigenvalue weighted by Gasteiger charge is 2.29. The number of rotatable bonds is 2. The van der Waals surface area contributed by atoms with E-state index in [9.17, 15) is 16.8 Å². The number of halogens is 1. The molecule has 0 aliphatic rings. The van der Waals surface area contributed by atoms with E-state index in [1.54, 1.807) is 0 Å². The molecule has 6 nitrogen and oxygen atoms in total. The van der Waals surface area contributed by atoms with Gasteiger partial charge < -0.3 is 0 Å². The van der Waals surface area contributed by atoms with E-state index in [0.29, 0.717) is 6.92 Å². The van der Waals surface area contributed by atoms with Crippen LogP contribution in [0.2, 0.25) is 0 Å². The minimum absolute atomic E-state index is 0. The fraction of sp³-hybridized carbons (Fsp3) is 1.00. The first kappa shape index (κ1) is 13.7. The molecule has 0 aliphatic heterocycles. The van der Waals surface area contributed by atoms with E-state index in [4.69, 9.17) is 9.11 Å². The molecule has 0 spiro atoms. The predicted octanol–water partition coefficient (Wildman–Crippen LogP) is -0.470. The van der Waals surface area contributed by atoms with Crippen molar-refractivity contribution in [1.29, 1.82) is 0 Å². The van der Waals surface area contributed by atoms with Crippen molar-refractivity contribution in [2.75, 3.05) is 0 Å². The maximum absolute atomic E-state index is 9.99. The molecule has 0 bridgehead atoms. The standard InChI is InChI=1S/C2H6O6S2.ClH/c1-2(9(3,4)5)10(6,7)8;/h2H,1H3,(H,3,4,5)(H,6,7,8);1H. The van der Waals surface area contributed by atoms with E-state index >= 15 is 0 Å². The topological polar surface area (TPSA) is 109 Å². The minimum Gasteiger partial charge on any atom is -0.284 e. The Bertz CT molecular complexity index is 267. The highest BCUT2D eigenvalue weighted by molar-refractivity contribution is 8.03. The quantitative estimate of drug-likeness (QED) is 0.616. The van der Waals surface area contributed by atoms with Gasteiger partial charge in [-0.3, -0.25) is 9.11 Å². The van der Waals surface area contributed by atoms with Crippen LogP contribution < -0.4 is 0 Å². The van der Waals surface area contributed by atoms with Crippen LogP contribution in [0.4, 0.5) is 0 Å². The lowest BCUT2D eigenvalue weighted by atomic mass is 11.0. The van der Waals surface area contributed by atoms with Crippen LogP contribution in [0.15, 0.2) is 0 Å². The molecule has 0 amide bonds. The summed E-state index contributed by atoms with van der Waals surface area (Å²) in [5.41, 5.74) is 0. The summed E-state index contributed by atoms with van der Waals surface area (Å²) in [6.45, 7) is 0.657. The summed E-state index contributed by atoms with van der Waals surface area (Å²) in [5.74, 6) is 0. The zero-order chi connectivity index (χ0) is 8.58. The molecule has 0 atom stereocenters. The Kier molecular flexibility index (Phi) is 4.57. The smallest absolute Gasteiger partial charge is 0.284 e. The van der Waals surface area contributed by atoms with Crippen LogP contribution >= 0.6 is 12.4 Å². The Morgan fingerprint density at radius 2 is 1.18 bits per heavy atom. The minimum atomic E-state index is -4.70. The third kappa shape index (κ3) is 4.53. The summed E-state index contributed by atoms with van der Waals surface area (Å²) < 4.78 is 53.9. The van der Waals surface area contributed by atoms with Crippen molar-refractivity contribution in [3.8, 4) is 0 Å². The summed E-state index contributed by atoms with van der Waals surface area (Å²) in [7, 11) is -9.40. The molecule has 2 N–H and O–H groups in total. The van der Waals surface area contributed by atoms with Crippen molar-refractivity contribution >= 4 is 32.6 Å². The molecular weight excluding hydrogens is 220 g/mol. The van der Waals surface area contributed by atoms with Gasteiger partial charge >= 0.3 is 0 Å². The molecule has 0 unspecified atom stereocenters. The molecule has 11 heavy (non-hydrogen) atoms. The second-order valence-corrected chi connectivity index (χ2v) is 5.37. The molecule has 0 aromatic heterocycles. The Morgan fingerprint density at radius 1 is 1.00 bits per heavy atom. The molecule has 0 rings (SSSR count). The van der Waals surface area contributed by atoms with Crippen molar-refractivity contribution in [3.05, 3.63) is 0 Å². The molecule has 0 saturated carbocycles. The molecule has 0 heterocycles. The van der Waals surface area contributed by atoms with Gasteiger partial charge in [-0.1, -0.05) is 0 Å². The fourth-order valence-corrected chi connectivity index (χ4v) is 1.38. The summed E-state index contributed by atoms with van der Waals surface area (Å²) in [6, 6.07) is 0. The monoisotopic (exact) mass is 226 g/mol. The van der Waals surface area contributed by atoms with Gasteiger partial charge in [-0.25, -0.2) is 0 Å². The van der Waals surface area contributed by atoms with Gasteiger partial charge in [0.25, 0.3) is 20.2 Å². The van der Waals surface area contributed by atoms with Gasteiger partial charge in [-0.05, 0) is 6.92 Å². The van der Waals surface area contributed by atoms with Crippen LogP contribution in [0.5, 0.6) is 0 Å². The molecule has 0 saturated heterocycles. The first-order valence-corrected chi connectivity index (χ1v) is 5.09. The largest absolute Gasteiger partial charge is 0.284 e. The molecule has 0 aromatic carbocycles. The average Bonchev–Trinajstić information content (AvgIpc) is 1.59. The van der Waals surface area contributed by atoms with E-state index in [0.717, 1.165) is 0 Å². The van der Waals surface area contributed by atoms with Crippen molar-refractivity contribution in [1.82, 2.24) is 0 Å².